The Kier molecular flexibility index (Phi) is 11.9. The van der Waals surface area contributed by atoms with Crippen molar-refractivity contribution in [2.24, 2.45) is 4.99 Å². The van der Waals surface area contributed by atoms with Gasteiger partial charge in [0, 0.05) is 52.3 Å². The number of hydrogen-bond donors (Lipinski definition) is 1. The van der Waals surface area contributed by atoms with Gasteiger partial charge in [-0.25, -0.2) is 0 Å². The summed E-state index contributed by atoms with van der Waals surface area (Å²) in [5.74, 6) is 1.11. The van der Waals surface area contributed by atoms with Crippen LogP contribution in [0, 0.1) is 0 Å². The predicted octanol–water partition coefficient (Wildman–Crippen LogP) is 3.30. The molecule has 1 unspecified atom stereocenters. The molecule has 0 radical (unpaired) electrons. The summed E-state index contributed by atoms with van der Waals surface area (Å²) in [6.07, 6.45) is 3.00. The number of halogens is 2. The van der Waals surface area contributed by atoms with Crippen molar-refractivity contribution < 1.29 is 4.79 Å². The first-order valence-corrected chi connectivity index (χ1v) is 10.5. The number of benzene rings is 1. The van der Waals surface area contributed by atoms with E-state index in [1.54, 1.807) is 4.90 Å². The molecule has 1 saturated heterocycles. The summed E-state index contributed by atoms with van der Waals surface area (Å²) in [7, 11) is 5.71. The smallest absolute Gasteiger partial charge is 0.239 e. The van der Waals surface area contributed by atoms with Crippen molar-refractivity contribution in [1.82, 2.24) is 20.0 Å². The zero-order chi connectivity index (χ0) is 20.5. The first-order valence-electron chi connectivity index (χ1n) is 10.1. The molecule has 2 rings (SSSR count). The minimum absolute atomic E-state index is 0. The highest BCUT2D eigenvalue weighted by atomic mass is 127. The Morgan fingerprint density at radius 3 is 2.76 bits per heavy atom. The zero-order valence-electron chi connectivity index (χ0n) is 18.0. The van der Waals surface area contributed by atoms with Gasteiger partial charge in [0.2, 0.25) is 5.91 Å². The molecule has 0 saturated carbocycles. The summed E-state index contributed by atoms with van der Waals surface area (Å²) in [6.45, 7) is 6.29. The number of likely N-dealkylation sites (N-methyl/N-ethyl adjacent to an activating group) is 1. The van der Waals surface area contributed by atoms with Gasteiger partial charge in [-0.05, 0) is 50.4 Å². The van der Waals surface area contributed by atoms with Gasteiger partial charge in [0.05, 0.1) is 6.04 Å². The van der Waals surface area contributed by atoms with Crippen molar-refractivity contribution in [3.63, 3.8) is 0 Å². The van der Waals surface area contributed by atoms with Crippen molar-refractivity contribution in [2.45, 2.75) is 38.8 Å². The minimum atomic E-state index is 0. The first kappa shape index (κ1) is 26.0. The quantitative estimate of drug-likeness (QED) is 0.240. The van der Waals surface area contributed by atoms with Gasteiger partial charge in [0.1, 0.15) is 0 Å². The van der Waals surface area contributed by atoms with E-state index in [0.29, 0.717) is 0 Å². The number of likely N-dealkylation sites (tertiary alicyclic amines) is 1. The normalized spacial score (nSPS) is 17.0. The second-order valence-corrected chi connectivity index (χ2v) is 7.94. The fourth-order valence-electron chi connectivity index (χ4n) is 3.58. The minimum Gasteiger partial charge on any atom is -0.357 e. The molecule has 6 nitrogen and oxygen atoms in total. The molecule has 1 N–H and O–H groups in total. The Morgan fingerprint density at radius 2 is 2.10 bits per heavy atom. The molecule has 8 heteroatoms. The molecule has 1 atom stereocenters. The standard InChI is InChI=1S/C21H34ClN5O.HI/c1-5-23-21(26(4)16-17-9-6-10-18(22)15-17)24-12-8-14-27-13-7-11-19(27)20(28)25(2)3;/h6,9-10,15,19H,5,7-8,11-14,16H2,1-4H3,(H,23,24);1H. The molecule has 0 aromatic heterocycles. The Balaban J connectivity index is 0.00000420. The average Bonchev–Trinajstić information content (AvgIpc) is 3.11. The maximum Gasteiger partial charge on any atom is 0.239 e. The SMILES string of the molecule is CCNC(=NCCCN1CCCC1C(=O)N(C)C)N(C)Cc1cccc(Cl)c1.I. The summed E-state index contributed by atoms with van der Waals surface area (Å²) in [4.78, 5) is 23.2. The fraction of sp³-hybridized carbons (Fsp3) is 0.619. The number of nitrogens with zero attached hydrogens (tertiary/aromatic N) is 4. The van der Waals surface area contributed by atoms with Crippen LogP contribution in [0.2, 0.25) is 5.02 Å². The molecule has 1 aromatic rings. The van der Waals surface area contributed by atoms with E-state index in [1.807, 2.05) is 39.3 Å². The third-order valence-corrected chi connectivity index (χ3v) is 5.19. The van der Waals surface area contributed by atoms with Crippen LogP contribution in [0.15, 0.2) is 29.3 Å². The molecule has 0 spiro atoms. The van der Waals surface area contributed by atoms with Crippen LogP contribution in [0.1, 0.15) is 31.7 Å². The second-order valence-electron chi connectivity index (χ2n) is 7.50. The lowest BCUT2D eigenvalue weighted by atomic mass is 10.2. The average molecular weight is 536 g/mol. The van der Waals surface area contributed by atoms with Crippen LogP contribution >= 0.6 is 35.6 Å². The van der Waals surface area contributed by atoms with Crippen LogP contribution < -0.4 is 5.32 Å². The van der Waals surface area contributed by atoms with Crippen LogP contribution in [0.25, 0.3) is 0 Å². The van der Waals surface area contributed by atoms with Gasteiger partial charge in [-0.3, -0.25) is 14.7 Å². The Labute approximate surface area is 197 Å². The number of hydrogen-bond acceptors (Lipinski definition) is 3. The van der Waals surface area contributed by atoms with Crippen LogP contribution in [0.4, 0.5) is 0 Å². The lowest BCUT2D eigenvalue weighted by molar-refractivity contribution is -0.133. The molecule has 164 valence electrons. The number of carbonyl (C=O) groups is 1. The van der Waals surface area contributed by atoms with Gasteiger partial charge < -0.3 is 15.1 Å². The van der Waals surface area contributed by atoms with Crippen LogP contribution in [-0.2, 0) is 11.3 Å². The molecular formula is C21H35ClIN5O. The molecule has 1 aliphatic rings. The largest absolute Gasteiger partial charge is 0.357 e. The Bertz CT molecular complexity index is 670. The molecule has 0 bridgehead atoms. The molecule has 29 heavy (non-hydrogen) atoms. The van der Waals surface area contributed by atoms with E-state index >= 15 is 0 Å². The van der Waals surface area contributed by atoms with E-state index in [2.05, 4.69) is 28.1 Å². The molecule has 1 aliphatic heterocycles. The maximum absolute atomic E-state index is 12.3. The van der Waals surface area contributed by atoms with Crippen molar-refractivity contribution >= 4 is 47.4 Å². The molecule has 1 aromatic carbocycles. The third kappa shape index (κ3) is 8.30. The van der Waals surface area contributed by atoms with E-state index in [9.17, 15) is 4.79 Å². The van der Waals surface area contributed by atoms with E-state index in [0.717, 1.165) is 68.5 Å². The molecule has 1 fully saturated rings. The summed E-state index contributed by atoms with van der Waals surface area (Å²) >= 11 is 6.09. The van der Waals surface area contributed by atoms with Crippen molar-refractivity contribution in [2.75, 3.05) is 47.3 Å². The van der Waals surface area contributed by atoms with Crippen molar-refractivity contribution in [3.8, 4) is 0 Å². The summed E-state index contributed by atoms with van der Waals surface area (Å²) < 4.78 is 0. The number of guanidine groups is 1. The van der Waals surface area contributed by atoms with Crippen LogP contribution in [-0.4, -0.2) is 79.9 Å². The second kappa shape index (κ2) is 13.3. The highest BCUT2D eigenvalue weighted by Gasteiger charge is 2.30. The lowest BCUT2D eigenvalue weighted by Crippen LogP contribution is -2.43. The molecule has 0 aliphatic carbocycles. The number of nitrogens with one attached hydrogen (secondary N) is 1. The van der Waals surface area contributed by atoms with Gasteiger partial charge in [-0.1, -0.05) is 23.7 Å². The van der Waals surface area contributed by atoms with Gasteiger partial charge in [0.25, 0.3) is 0 Å². The van der Waals surface area contributed by atoms with Crippen LogP contribution in [0.3, 0.4) is 0 Å². The monoisotopic (exact) mass is 535 g/mol. The predicted molar refractivity (Wildman–Crippen MR) is 132 cm³/mol. The van der Waals surface area contributed by atoms with Gasteiger partial charge >= 0.3 is 0 Å². The number of rotatable bonds is 8. The summed E-state index contributed by atoms with van der Waals surface area (Å²) in [6, 6.07) is 7.95. The highest BCUT2D eigenvalue weighted by molar-refractivity contribution is 14.0. The summed E-state index contributed by atoms with van der Waals surface area (Å²) in [5, 5.41) is 4.11. The summed E-state index contributed by atoms with van der Waals surface area (Å²) in [5.41, 5.74) is 1.16. The van der Waals surface area contributed by atoms with Crippen LogP contribution in [0.5, 0.6) is 0 Å². The Morgan fingerprint density at radius 1 is 1.34 bits per heavy atom. The number of aliphatic imine (C=N–C) groups is 1. The fourth-order valence-corrected chi connectivity index (χ4v) is 3.80. The number of amides is 1. The Hall–Kier alpha value is -1.06. The van der Waals surface area contributed by atoms with E-state index in [-0.39, 0.29) is 35.9 Å². The van der Waals surface area contributed by atoms with E-state index in [1.165, 1.54) is 0 Å². The van der Waals surface area contributed by atoms with Gasteiger partial charge in [0.15, 0.2) is 5.96 Å². The molecule has 1 amide bonds. The van der Waals surface area contributed by atoms with Gasteiger partial charge in [-0.2, -0.15) is 0 Å². The first-order chi connectivity index (χ1) is 13.4. The molecule has 1 heterocycles. The highest BCUT2D eigenvalue weighted by Crippen LogP contribution is 2.19. The van der Waals surface area contributed by atoms with Crippen molar-refractivity contribution in [1.29, 1.82) is 0 Å². The number of carbonyl (C=O) groups excluding carboxylic acids is 1. The topological polar surface area (TPSA) is 51.2 Å². The molecular weight excluding hydrogens is 501 g/mol. The third-order valence-electron chi connectivity index (χ3n) is 4.96. The maximum atomic E-state index is 12.3. The zero-order valence-corrected chi connectivity index (χ0v) is 21.1. The van der Waals surface area contributed by atoms with Gasteiger partial charge in [-0.15, -0.1) is 24.0 Å². The lowest BCUT2D eigenvalue weighted by Gasteiger charge is -2.26. The van der Waals surface area contributed by atoms with E-state index < -0.39 is 0 Å². The van der Waals surface area contributed by atoms with E-state index in [4.69, 9.17) is 16.6 Å². The van der Waals surface area contributed by atoms with Crippen molar-refractivity contribution in [3.05, 3.63) is 34.9 Å².